The van der Waals surface area contributed by atoms with Crippen molar-refractivity contribution < 1.29 is 14.3 Å². The molecule has 0 saturated heterocycles. The van der Waals surface area contributed by atoms with Crippen LogP contribution in [0.3, 0.4) is 0 Å². The number of hydrogen-bond donors (Lipinski definition) is 1. The lowest BCUT2D eigenvalue weighted by atomic mass is 10.0. The predicted octanol–water partition coefficient (Wildman–Crippen LogP) is 2.09. The number of benzene rings is 1. The molecule has 1 aromatic carbocycles. The average molecular weight is 300 g/mol. The Morgan fingerprint density at radius 2 is 1.73 bits per heavy atom. The van der Waals surface area contributed by atoms with E-state index in [2.05, 4.69) is 10.1 Å². The van der Waals surface area contributed by atoms with Crippen LogP contribution in [0.2, 0.25) is 0 Å². The van der Waals surface area contributed by atoms with Crippen LogP contribution in [0.5, 0.6) is 0 Å². The number of ether oxygens (including phenoxy) is 1. The van der Waals surface area contributed by atoms with Gasteiger partial charge in [0.15, 0.2) is 0 Å². The summed E-state index contributed by atoms with van der Waals surface area (Å²) < 4.78 is 6.66. The van der Waals surface area contributed by atoms with Crippen molar-refractivity contribution in [3.8, 4) is 5.69 Å². The largest absolute Gasteiger partial charge is 0.467 e. The number of esters is 1. The summed E-state index contributed by atoms with van der Waals surface area (Å²) >= 11 is 0. The molecule has 2 rings (SSSR count). The van der Waals surface area contributed by atoms with E-state index in [1.807, 2.05) is 53.4 Å². The zero-order valence-electron chi connectivity index (χ0n) is 13.0. The van der Waals surface area contributed by atoms with E-state index in [-0.39, 0.29) is 12.3 Å². The molecule has 5 heteroatoms. The quantitative estimate of drug-likeness (QED) is 0.860. The van der Waals surface area contributed by atoms with E-state index in [1.54, 1.807) is 13.8 Å². The van der Waals surface area contributed by atoms with Crippen molar-refractivity contribution >= 4 is 11.9 Å². The SMILES string of the molecule is COC(=O)C(C)(C)NC(=O)Cc1ccc(-n2cccc2)cc1. The van der Waals surface area contributed by atoms with Crippen molar-refractivity contribution in [2.45, 2.75) is 25.8 Å². The fourth-order valence-electron chi connectivity index (χ4n) is 2.18. The van der Waals surface area contributed by atoms with Crippen molar-refractivity contribution in [1.82, 2.24) is 9.88 Å². The minimum Gasteiger partial charge on any atom is -0.467 e. The number of carbonyl (C=O) groups is 2. The van der Waals surface area contributed by atoms with Gasteiger partial charge in [-0.1, -0.05) is 12.1 Å². The molecule has 0 atom stereocenters. The number of hydrogen-bond acceptors (Lipinski definition) is 3. The van der Waals surface area contributed by atoms with E-state index in [1.165, 1.54) is 7.11 Å². The number of aromatic nitrogens is 1. The van der Waals surface area contributed by atoms with Crippen LogP contribution in [-0.2, 0) is 20.7 Å². The van der Waals surface area contributed by atoms with Crippen molar-refractivity contribution in [2.75, 3.05) is 7.11 Å². The van der Waals surface area contributed by atoms with Crippen LogP contribution in [0, 0.1) is 0 Å². The summed E-state index contributed by atoms with van der Waals surface area (Å²) in [5.41, 5.74) is 0.884. The third-order valence-electron chi connectivity index (χ3n) is 3.35. The molecule has 1 amide bonds. The van der Waals surface area contributed by atoms with Crippen LogP contribution in [0.15, 0.2) is 48.8 Å². The fourth-order valence-corrected chi connectivity index (χ4v) is 2.18. The Kier molecular flexibility index (Phi) is 4.65. The number of nitrogens with zero attached hydrogens (tertiary/aromatic N) is 1. The third-order valence-corrected chi connectivity index (χ3v) is 3.35. The van der Waals surface area contributed by atoms with Gasteiger partial charge in [0.25, 0.3) is 0 Å². The monoisotopic (exact) mass is 300 g/mol. The second-order valence-corrected chi connectivity index (χ2v) is 5.60. The molecular formula is C17H20N2O3. The third kappa shape index (κ3) is 3.75. The average Bonchev–Trinajstić information content (AvgIpc) is 3.00. The van der Waals surface area contributed by atoms with Gasteiger partial charge in [0.2, 0.25) is 5.91 Å². The molecule has 0 bridgehead atoms. The van der Waals surface area contributed by atoms with E-state index < -0.39 is 11.5 Å². The Labute approximate surface area is 129 Å². The fraction of sp³-hybridized carbons (Fsp3) is 0.294. The van der Waals surface area contributed by atoms with Crippen molar-refractivity contribution in [1.29, 1.82) is 0 Å². The molecule has 0 unspecified atom stereocenters. The summed E-state index contributed by atoms with van der Waals surface area (Å²) in [4.78, 5) is 23.6. The molecule has 116 valence electrons. The van der Waals surface area contributed by atoms with Crippen molar-refractivity contribution in [3.05, 3.63) is 54.4 Å². The van der Waals surface area contributed by atoms with Crippen molar-refractivity contribution in [3.63, 3.8) is 0 Å². The maximum absolute atomic E-state index is 12.0. The lowest BCUT2D eigenvalue weighted by Gasteiger charge is -2.23. The molecule has 0 radical (unpaired) electrons. The minimum absolute atomic E-state index is 0.215. The lowest BCUT2D eigenvalue weighted by molar-refractivity contribution is -0.149. The number of carbonyl (C=O) groups excluding carboxylic acids is 2. The van der Waals surface area contributed by atoms with Crippen LogP contribution >= 0.6 is 0 Å². The first-order chi connectivity index (χ1) is 10.4. The highest BCUT2D eigenvalue weighted by atomic mass is 16.5. The highest BCUT2D eigenvalue weighted by Gasteiger charge is 2.30. The van der Waals surface area contributed by atoms with Gasteiger partial charge in [-0.3, -0.25) is 4.79 Å². The Balaban J connectivity index is 1.99. The summed E-state index contributed by atoms with van der Waals surface area (Å²) in [6.07, 6.45) is 4.13. The summed E-state index contributed by atoms with van der Waals surface area (Å²) in [6.45, 7) is 3.23. The Bertz CT molecular complexity index is 643. The predicted molar refractivity (Wildman–Crippen MR) is 83.7 cm³/mol. The first-order valence-corrected chi connectivity index (χ1v) is 7.04. The Morgan fingerprint density at radius 3 is 2.27 bits per heavy atom. The summed E-state index contributed by atoms with van der Waals surface area (Å²) in [7, 11) is 1.30. The van der Waals surface area contributed by atoms with Crippen LogP contribution in [-0.4, -0.2) is 29.1 Å². The van der Waals surface area contributed by atoms with Gasteiger partial charge in [0.1, 0.15) is 5.54 Å². The highest BCUT2D eigenvalue weighted by molar-refractivity contribution is 5.88. The molecule has 1 aromatic heterocycles. The van der Waals surface area contributed by atoms with E-state index >= 15 is 0 Å². The number of amides is 1. The van der Waals surface area contributed by atoms with Gasteiger partial charge in [0, 0.05) is 18.1 Å². The molecule has 2 aromatic rings. The summed E-state index contributed by atoms with van der Waals surface area (Å²) in [5, 5.41) is 2.68. The standard InChI is InChI=1S/C17H20N2O3/c1-17(2,16(21)22-3)18-15(20)12-13-6-8-14(9-7-13)19-10-4-5-11-19/h4-11H,12H2,1-3H3,(H,18,20). The molecule has 1 heterocycles. The molecule has 1 N–H and O–H groups in total. The van der Waals surface area contributed by atoms with E-state index in [9.17, 15) is 9.59 Å². The first-order valence-electron chi connectivity index (χ1n) is 7.04. The molecular weight excluding hydrogens is 280 g/mol. The summed E-state index contributed by atoms with van der Waals surface area (Å²) in [6, 6.07) is 11.6. The molecule has 0 aliphatic carbocycles. The molecule has 0 aliphatic rings. The smallest absolute Gasteiger partial charge is 0.330 e. The minimum atomic E-state index is -1.03. The number of rotatable bonds is 5. The molecule has 5 nitrogen and oxygen atoms in total. The van der Waals surface area contributed by atoms with E-state index in [0.29, 0.717) is 0 Å². The van der Waals surface area contributed by atoms with Gasteiger partial charge in [-0.05, 0) is 43.7 Å². The van der Waals surface area contributed by atoms with Gasteiger partial charge in [-0.25, -0.2) is 4.79 Å². The normalized spacial score (nSPS) is 11.0. The van der Waals surface area contributed by atoms with Gasteiger partial charge in [-0.15, -0.1) is 0 Å². The maximum Gasteiger partial charge on any atom is 0.330 e. The topological polar surface area (TPSA) is 60.3 Å². The van der Waals surface area contributed by atoms with Crippen LogP contribution in [0.25, 0.3) is 5.69 Å². The molecule has 0 aliphatic heterocycles. The zero-order chi connectivity index (χ0) is 16.2. The van der Waals surface area contributed by atoms with E-state index in [4.69, 9.17) is 0 Å². The van der Waals surface area contributed by atoms with Gasteiger partial charge in [-0.2, -0.15) is 0 Å². The Hall–Kier alpha value is -2.56. The van der Waals surface area contributed by atoms with Crippen molar-refractivity contribution in [2.24, 2.45) is 0 Å². The molecule has 0 fully saturated rings. The maximum atomic E-state index is 12.0. The second-order valence-electron chi connectivity index (χ2n) is 5.60. The number of methoxy groups -OCH3 is 1. The van der Waals surface area contributed by atoms with E-state index in [0.717, 1.165) is 11.3 Å². The molecule has 0 spiro atoms. The first kappa shape index (κ1) is 15.8. The van der Waals surface area contributed by atoms with Crippen LogP contribution < -0.4 is 5.32 Å². The zero-order valence-corrected chi connectivity index (χ0v) is 13.0. The molecule has 22 heavy (non-hydrogen) atoms. The summed E-state index contributed by atoms with van der Waals surface area (Å²) in [5.74, 6) is -0.687. The van der Waals surface area contributed by atoms with Gasteiger partial charge >= 0.3 is 5.97 Å². The molecule has 0 saturated carbocycles. The highest BCUT2D eigenvalue weighted by Crippen LogP contribution is 2.11. The van der Waals surface area contributed by atoms with Gasteiger partial charge in [0.05, 0.1) is 13.5 Å². The second kappa shape index (κ2) is 6.47. The Morgan fingerprint density at radius 1 is 1.14 bits per heavy atom. The van der Waals surface area contributed by atoms with Crippen LogP contribution in [0.1, 0.15) is 19.4 Å². The number of nitrogens with one attached hydrogen (secondary N) is 1. The lowest BCUT2D eigenvalue weighted by Crippen LogP contribution is -2.50. The van der Waals surface area contributed by atoms with Gasteiger partial charge < -0.3 is 14.6 Å². The van der Waals surface area contributed by atoms with Crippen LogP contribution in [0.4, 0.5) is 0 Å².